The number of nitrogens with zero attached hydrogens (tertiary/aromatic N) is 3. The van der Waals surface area contributed by atoms with Crippen molar-refractivity contribution >= 4 is 32.7 Å². The number of rotatable bonds is 3. The Bertz CT molecular complexity index is 1000. The first kappa shape index (κ1) is 19.5. The highest BCUT2D eigenvalue weighted by atomic mass is 79.9. The molecule has 0 amide bonds. The minimum Gasteiger partial charge on any atom is -0.371 e. The molecule has 1 saturated heterocycles. The number of benzene rings is 1. The van der Waals surface area contributed by atoms with Gasteiger partial charge in [-0.1, -0.05) is 29.3 Å². The zero-order chi connectivity index (χ0) is 20.0. The quantitative estimate of drug-likeness (QED) is 0.455. The summed E-state index contributed by atoms with van der Waals surface area (Å²) in [5.41, 5.74) is 8.60. The molecule has 0 unspecified atom stereocenters. The summed E-state index contributed by atoms with van der Waals surface area (Å²) in [5.74, 6) is 0.883. The number of hydrogen-bond acceptors (Lipinski definition) is 2. The van der Waals surface area contributed by atoms with Gasteiger partial charge in [0, 0.05) is 40.5 Å². The van der Waals surface area contributed by atoms with Crippen LogP contribution in [0.2, 0.25) is 0 Å². The van der Waals surface area contributed by atoms with Crippen LogP contribution >= 0.6 is 15.9 Å². The Labute approximate surface area is 176 Å². The monoisotopic (exact) mass is 439 g/mol. The minimum atomic E-state index is 0.883. The Hall–Kier alpha value is -1.81. The molecule has 0 atom stereocenters. The third-order valence-corrected chi connectivity index (χ3v) is 6.74. The van der Waals surface area contributed by atoms with E-state index >= 15 is 0 Å². The number of piperidine rings is 1. The molecular formula is C24H30BrN3. The number of halogens is 1. The summed E-state index contributed by atoms with van der Waals surface area (Å²) in [6.07, 6.45) is 6.16. The largest absolute Gasteiger partial charge is 0.371 e. The average Bonchev–Trinajstić information content (AvgIpc) is 2.96. The van der Waals surface area contributed by atoms with Gasteiger partial charge in [0.2, 0.25) is 0 Å². The third kappa shape index (κ3) is 3.36. The predicted molar refractivity (Wildman–Crippen MR) is 123 cm³/mol. The van der Waals surface area contributed by atoms with E-state index in [1.165, 1.54) is 52.7 Å². The highest BCUT2D eigenvalue weighted by Crippen LogP contribution is 2.36. The van der Waals surface area contributed by atoms with Crippen molar-refractivity contribution in [3.63, 3.8) is 0 Å². The predicted octanol–water partition coefficient (Wildman–Crippen LogP) is 6.65. The zero-order valence-electron chi connectivity index (χ0n) is 17.6. The van der Waals surface area contributed by atoms with Gasteiger partial charge in [0.1, 0.15) is 5.65 Å². The number of aromatic nitrogens is 2. The topological polar surface area (TPSA) is 21.1 Å². The number of pyridine rings is 1. The molecule has 4 rings (SSSR count). The van der Waals surface area contributed by atoms with Gasteiger partial charge in [-0.25, -0.2) is 4.98 Å². The van der Waals surface area contributed by atoms with Crippen LogP contribution in [0.4, 0.5) is 5.69 Å². The van der Waals surface area contributed by atoms with Crippen molar-refractivity contribution < 1.29 is 0 Å². The first-order valence-electron chi connectivity index (χ1n) is 10.4. The number of fused-ring (bicyclic) bond motifs is 1. The molecule has 1 fully saturated rings. The van der Waals surface area contributed by atoms with Crippen molar-refractivity contribution in [1.82, 2.24) is 9.55 Å². The smallest absolute Gasteiger partial charge is 0.147 e. The summed E-state index contributed by atoms with van der Waals surface area (Å²) in [7, 11) is 0. The first-order chi connectivity index (χ1) is 13.4. The van der Waals surface area contributed by atoms with Crippen molar-refractivity contribution in [1.29, 1.82) is 0 Å². The number of anilines is 1. The van der Waals surface area contributed by atoms with E-state index < -0.39 is 0 Å². The van der Waals surface area contributed by atoms with Gasteiger partial charge in [-0.3, -0.25) is 0 Å². The second-order valence-corrected chi connectivity index (χ2v) is 9.31. The van der Waals surface area contributed by atoms with Gasteiger partial charge in [-0.15, -0.1) is 0 Å². The summed E-state index contributed by atoms with van der Waals surface area (Å²) < 4.78 is 3.43. The fourth-order valence-corrected chi connectivity index (χ4v) is 5.48. The lowest BCUT2D eigenvalue weighted by Crippen LogP contribution is -2.33. The normalized spacial score (nSPS) is 15.6. The summed E-state index contributed by atoms with van der Waals surface area (Å²) in [6, 6.07) is 6.67. The van der Waals surface area contributed by atoms with Crippen LogP contribution in [0.1, 0.15) is 48.6 Å². The van der Waals surface area contributed by atoms with Crippen LogP contribution in [0.15, 0.2) is 28.9 Å². The molecule has 1 aliphatic rings. The maximum absolute atomic E-state index is 4.99. The lowest BCUT2D eigenvalue weighted by atomic mass is 9.94. The molecule has 3 aromatic rings. The molecule has 148 valence electrons. The maximum atomic E-state index is 4.99. The van der Waals surface area contributed by atoms with Crippen molar-refractivity contribution in [2.45, 2.75) is 53.9 Å². The van der Waals surface area contributed by atoms with Crippen molar-refractivity contribution in [2.24, 2.45) is 5.92 Å². The number of hydrogen-bond donors (Lipinski definition) is 0. The lowest BCUT2D eigenvalue weighted by molar-refractivity contribution is 0.395. The zero-order valence-corrected chi connectivity index (χ0v) is 19.2. The molecular weight excluding hydrogens is 410 g/mol. The van der Waals surface area contributed by atoms with Crippen molar-refractivity contribution in [3.05, 3.63) is 51.3 Å². The summed E-state index contributed by atoms with van der Waals surface area (Å²) in [4.78, 5) is 7.57. The molecule has 0 radical (unpaired) electrons. The van der Waals surface area contributed by atoms with E-state index in [2.05, 4.69) is 84.4 Å². The van der Waals surface area contributed by atoms with Gasteiger partial charge in [-0.05, 0) is 81.3 Å². The lowest BCUT2D eigenvalue weighted by Gasteiger charge is -2.34. The van der Waals surface area contributed by atoms with E-state index in [-0.39, 0.29) is 0 Å². The van der Waals surface area contributed by atoms with Crippen LogP contribution in [-0.4, -0.2) is 22.6 Å². The van der Waals surface area contributed by atoms with E-state index in [0.29, 0.717) is 0 Å². The third-order valence-electron chi connectivity index (χ3n) is 6.28. The van der Waals surface area contributed by atoms with E-state index in [0.717, 1.165) is 34.8 Å². The fraction of sp³-hybridized carbons (Fsp3) is 0.458. The molecule has 3 nitrogen and oxygen atoms in total. The second-order valence-electron chi connectivity index (χ2n) is 8.39. The van der Waals surface area contributed by atoms with Crippen LogP contribution < -0.4 is 4.90 Å². The Kier molecular flexibility index (Phi) is 5.26. The first-order valence-corrected chi connectivity index (χ1v) is 11.2. The van der Waals surface area contributed by atoms with Gasteiger partial charge >= 0.3 is 0 Å². The highest BCUT2D eigenvalue weighted by Gasteiger charge is 2.23. The fourth-order valence-electron chi connectivity index (χ4n) is 4.80. The van der Waals surface area contributed by atoms with E-state index in [1.807, 2.05) is 0 Å². The molecule has 0 aliphatic carbocycles. The van der Waals surface area contributed by atoms with Gasteiger partial charge in [0.15, 0.2) is 0 Å². The Morgan fingerprint density at radius 1 is 1.00 bits per heavy atom. The Balaban J connectivity index is 1.88. The molecule has 3 heterocycles. The summed E-state index contributed by atoms with van der Waals surface area (Å²) in [5, 5.41) is 1.31. The number of aryl methyl sites for hydroxylation is 4. The molecule has 0 bridgehead atoms. The molecule has 28 heavy (non-hydrogen) atoms. The van der Waals surface area contributed by atoms with Gasteiger partial charge < -0.3 is 9.47 Å². The highest BCUT2D eigenvalue weighted by molar-refractivity contribution is 9.10. The molecule has 1 aromatic carbocycles. The summed E-state index contributed by atoms with van der Waals surface area (Å²) >= 11 is 3.63. The van der Waals surface area contributed by atoms with Gasteiger partial charge in [0.05, 0.1) is 5.69 Å². The Morgan fingerprint density at radius 3 is 2.25 bits per heavy atom. The van der Waals surface area contributed by atoms with E-state index in [4.69, 9.17) is 4.98 Å². The summed E-state index contributed by atoms with van der Waals surface area (Å²) in [6.45, 7) is 13.3. The Morgan fingerprint density at radius 2 is 1.64 bits per heavy atom. The molecule has 4 heteroatoms. The molecule has 0 saturated carbocycles. The second kappa shape index (κ2) is 7.55. The average molecular weight is 440 g/mol. The SMILES string of the molecule is CCC1CCN(c2cc(C)nc3c2c(C)cn3-c2c(C)cc(Br)cc2C)CC1. The van der Waals surface area contributed by atoms with Crippen LogP contribution in [0.25, 0.3) is 16.7 Å². The van der Waals surface area contributed by atoms with Gasteiger partial charge in [-0.2, -0.15) is 0 Å². The van der Waals surface area contributed by atoms with E-state index in [9.17, 15) is 0 Å². The standard InChI is InChI=1S/C24H30BrN3/c1-6-19-7-9-27(10-8-19)21-13-18(5)26-24-22(21)17(4)14-28(24)23-15(2)11-20(25)12-16(23)3/h11-14,19H,6-10H2,1-5H3. The van der Waals surface area contributed by atoms with Crippen molar-refractivity contribution in [3.8, 4) is 5.69 Å². The molecule has 2 aromatic heterocycles. The van der Waals surface area contributed by atoms with Crippen LogP contribution in [-0.2, 0) is 0 Å². The maximum Gasteiger partial charge on any atom is 0.147 e. The van der Waals surface area contributed by atoms with Crippen LogP contribution in [0.5, 0.6) is 0 Å². The van der Waals surface area contributed by atoms with E-state index in [1.54, 1.807) is 0 Å². The molecule has 1 aliphatic heterocycles. The molecule has 0 spiro atoms. The van der Waals surface area contributed by atoms with Crippen LogP contribution in [0, 0.1) is 33.6 Å². The van der Waals surface area contributed by atoms with Gasteiger partial charge in [0.25, 0.3) is 0 Å². The molecule has 0 N–H and O–H groups in total. The minimum absolute atomic E-state index is 0.883. The van der Waals surface area contributed by atoms with Crippen LogP contribution in [0.3, 0.4) is 0 Å². The van der Waals surface area contributed by atoms with Crippen molar-refractivity contribution in [2.75, 3.05) is 18.0 Å².